The van der Waals surface area contributed by atoms with Crippen molar-refractivity contribution < 1.29 is 19.8 Å². The van der Waals surface area contributed by atoms with Crippen molar-refractivity contribution in [3.8, 4) is 0 Å². The summed E-state index contributed by atoms with van der Waals surface area (Å²) in [6.45, 7) is 9.29. The van der Waals surface area contributed by atoms with Crippen molar-refractivity contribution in [2.45, 2.75) is 46.6 Å². The van der Waals surface area contributed by atoms with Crippen LogP contribution in [0.2, 0.25) is 0 Å². The van der Waals surface area contributed by atoms with Crippen LogP contribution in [0.1, 0.15) is 43.5 Å². The molecule has 0 bridgehead atoms. The molecule has 2 aliphatic rings. The minimum absolute atomic E-state index is 0.0687. The normalized spacial score (nSPS) is 20.5. The third kappa shape index (κ3) is 7.91. The second-order valence-corrected chi connectivity index (χ2v) is 10.6. The van der Waals surface area contributed by atoms with Gasteiger partial charge in [-0.15, -0.1) is 0 Å². The third-order valence-electron chi connectivity index (χ3n) is 6.53. The molecule has 1 aromatic carbocycles. The van der Waals surface area contributed by atoms with Crippen molar-refractivity contribution >= 4 is 28.2 Å². The van der Waals surface area contributed by atoms with E-state index in [4.69, 9.17) is 24.8 Å². The second-order valence-electron chi connectivity index (χ2n) is 9.51. The van der Waals surface area contributed by atoms with Gasteiger partial charge in [0.05, 0.1) is 5.69 Å². The van der Waals surface area contributed by atoms with E-state index in [-0.39, 0.29) is 5.56 Å². The van der Waals surface area contributed by atoms with Gasteiger partial charge in [0.15, 0.2) is 0 Å². The van der Waals surface area contributed by atoms with Gasteiger partial charge in [0.25, 0.3) is 17.5 Å². The third-order valence-corrected chi connectivity index (χ3v) is 7.59. The molecule has 0 aliphatic carbocycles. The number of hydrogen-bond acceptors (Lipinski definition) is 8. The summed E-state index contributed by atoms with van der Waals surface area (Å²) in [5.41, 5.74) is 2.55. The standard InChI is InChI=1S/C22H27N5OS.2C2H4O2/c1-2-19-25-27-20(28)10-18(24-21(27)29-19)13-26-12-17-11-23-14-22(17,15-26)9-8-16-6-4-3-5-7-16;2*1-2(3)4/h3-7,10,17,23H,2,8-9,11-15H2,1H3;2*1H3,(H,3,4). The molecule has 0 spiro atoms. The van der Waals surface area contributed by atoms with Gasteiger partial charge in [-0.1, -0.05) is 48.6 Å². The molecule has 2 aromatic heterocycles. The van der Waals surface area contributed by atoms with E-state index >= 15 is 0 Å². The molecule has 3 N–H and O–H groups in total. The maximum absolute atomic E-state index is 12.5. The SMILES string of the molecule is CC(=O)O.CC(=O)O.CCc1nn2c(=O)cc(CN3CC4CNCC4(CCc4ccccc4)C3)nc2s1. The number of fused-ring (bicyclic) bond motifs is 2. The van der Waals surface area contributed by atoms with Crippen LogP contribution in [0.4, 0.5) is 0 Å². The Kier molecular flexibility index (Phi) is 9.90. The van der Waals surface area contributed by atoms with E-state index in [2.05, 4.69) is 52.6 Å². The zero-order valence-electron chi connectivity index (χ0n) is 21.5. The maximum atomic E-state index is 12.5. The summed E-state index contributed by atoms with van der Waals surface area (Å²) < 4.78 is 1.44. The summed E-state index contributed by atoms with van der Waals surface area (Å²) in [7, 11) is 0. The molecule has 0 amide bonds. The van der Waals surface area contributed by atoms with Gasteiger partial charge >= 0.3 is 0 Å². The van der Waals surface area contributed by atoms with E-state index in [1.807, 2.05) is 0 Å². The molecule has 2 atom stereocenters. The molecule has 3 aromatic rings. The molecule has 2 fully saturated rings. The van der Waals surface area contributed by atoms with Crippen LogP contribution in [-0.2, 0) is 29.0 Å². The fourth-order valence-electron chi connectivity index (χ4n) is 5.00. The monoisotopic (exact) mass is 529 g/mol. The maximum Gasteiger partial charge on any atom is 0.300 e. The van der Waals surface area contributed by atoms with Crippen LogP contribution in [0, 0.1) is 11.3 Å². The Balaban J connectivity index is 0.000000420. The van der Waals surface area contributed by atoms with E-state index in [9.17, 15) is 4.79 Å². The lowest BCUT2D eigenvalue weighted by molar-refractivity contribution is -0.135. The van der Waals surface area contributed by atoms with Gasteiger partial charge in [-0.2, -0.15) is 9.61 Å². The van der Waals surface area contributed by atoms with Gasteiger partial charge in [-0.05, 0) is 37.3 Å². The first-order chi connectivity index (χ1) is 17.6. The number of aryl methyl sites for hydroxylation is 2. The number of likely N-dealkylation sites (tertiary alicyclic amines) is 1. The molecule has 5 rings (SSSR count). The van der Waals surface area contributed by atoms with Gasteiger partial charge < -0.3 is 15.5 Å². The van der Waals surface area contributed by atoms with Crippen molar-refractivity contribution in [2.75, 3.05) is 26.2 Å². The van der Waals surface area contributed by atoms with E-state index in [1.54, 1.807) is 6.07 Å². The molecule has 2 saturated heterocycles. The summed E-state index contributed by atoms with van der Waals surface area (Å²) in [6.07, 6.45) is 3.15. The topological polar surface area (TPSA) is 137 Å². The number of carboxylic acid groups (broad SMARTS) is 2. The number of benzene rings is 1. The van der Waals surface area contributed by atoms with Crippen molar-refractivity contribution in [1.82, 2.24) is 24.8 Å². The van der Waals surface area contributed by atoms with Crippen molar-refractivity contribution in [1.29, 1.82) is 0 Å². The first-order valence-corrected chi connectivity index (χ1v) is 13.2. The summed E-state index contributed by atoms with van der Waals surface area (Å²) in [5.74, 6) is -0.994. The number of rotatable bonds is 6. The minimum Gasteiger partial charge on any atom is -0.481 e. The van der Waals surface area contributed by atoms with Gasteiger partial charge in [-0.25, -0.2) is 4.98 Å². The van der Waals surface area contributed by atoms with E-state index < -0.39 is 11.9 Å². The highest BCUT2D eigenvalue weighted by atomic mass is 32.1. The van der Waals surface area contributed by atoms with Crippen LogP contribution < -0.4 is 10.9 Å². The lowest BCUT2D eigenvalue weighted by atomic mass is 9.76. The van der Waals surface area contributed by atoms with E-state index in [1.165, 1.54) is 27.8 Å². The van der Waals surface area contributed by atoms with Gasteiger partial charge in [0.1, 0.15) is 5.01 Å². The van der Waals surface area contributed by atoms with Crippen LogP contribution in [0.25, 0.3) is 4.96 Å². The molecule has 2 unspecified atom stereocenters. The van der Waals surface area contributed by atoms with Crippen LogP contribution >= 0.6 is 11.3 Å². The van der Waals surface area contributed by atoms with Gasteiger partial charge in [0.2, 0.25) is 4.96 Å². The number of hydrogen-bond donors (Lipinski definition) is 3. The Morgan fingerprint density at radius 1 is 1.19 bits per heavy atom. The van der Waals surface area contributed by atoms with Crippen LogP contribution in [-0.4, -0.2) is 67.8 Å². The first kappa shape index (κ1) is 28.4. The number of carboxylic acids is 2. The van der Waals surface area contributed by atoms with Crippen LogP contribution in [0.15, 0.2) is 41.2 Å². The van der Waals surface area contributed by atoms with Crippen molar-refractivity contribution in [3.05, 3.63) is 63.0 Å². The molecular formula is C26H35N5O5S. The summed E-state index contributed by atoms with van der Waals surface area (Å²) >= 11 is 1.52. The number of aromatic nitrogens is 3. The number of nitrogens with zero attached hydrogens (tertiary/aromatic N) is 4. The van der Waals surface area contributed by atoms with Gasteiger partial charge in [-0.3, -0.25) is 19.3 Å². The van der Waals surface area contributed by atoms with E-state index in [0.717, 1.165) is 70.1 Å². The molecule has 10 nitrogen and oxygen atoms in total. The molecule has 2 aliphatic heterocycles. The highest BCUT2D eigenvalue weighted by Crippen LogP contribution is 2.43. The summed E-state index contributed by atoms with van der Waals surface area (Å²) in [6, 6.07) is 12.5. The average Bonchev–Trinajstić information content (AvgIpc) is 3.50. The Labute approximate surface area is 220 Å². The van der Waals surface area contributed by atoms with Gasteiger partial charge in [0, 0.05) is 51.5 Å². The Morgan fingerprint density at radius 2 is 1.86 bits per heavy atom. The highest BCUT2D eigenvalue weighted by molar-refractivity contribution is 7.16. The molecule has 4 heterocycles. The van der Waals surface area contributed by atoms with E-state index in [0.29, 0.717) is 16.3 Å². The molecule has 37 heavy (non-hydrogen) atoms. The zero-order chi connectivity index (χ0) is 27.0. The molecule has 0 saturated carbocycles. The Morgan fingerprint density at radius 3 is 2.51 bits per heavy atom. The first-order valence-electron chi connectivity index (χ1n) is 12.4. The largest absolute Gasteiger partial charge is 0.481 e. The van der Waals surface area contributed by atoms with Crippen molar-refractivity contribution in [2.24, 2.45) is 11.3 Å². The van der Waals surface area contributed by atoms with Crippen LogP contribution in [0.5, 0.6) is 0 Å². The molecule has 200 valence electrons. The molecular weight excluding hydrogens is 494 g/mol. The number of aliphatic carboxylic acids is 2. The average molecular weight is 530 g/mol. The summed E-state index contributed by atoms with van der Waals surface area (Å²) in [5, 5.41) is 23.8. The predicted octanol–water partition coefficient (Wildman–Crippen LogP) is 2.55. The zero-order valence-corrected chi connectivity index (χ0v) is 22.3. The number of nitrogens with one attached hydrogen (secondary N) is 1. The fraction of sp³-hybridized carbons (Fsp3) is 0.500. The predicted molar refractivity (Wildman–Crippen MR) is 142 cm³/mol. The second kappa shape index (κ2) is 12.9. The quantitative estimate of drug-likeness (QED) is 0.440. The minimum atomic E-state index is -0.833. The molecule has 0 radical (unpaired) electrons. The number of carbonyl (C=O) groups is 2. The lowest BCUT2D eigenvalue weighted by Crippen LogP contribution is -2.33. The Hall–Kier alpha value is -3.15. The smallest absolute Gasteiger partial charge is 0.300 e. The Bertz CT molecular complexity index is 1240. The highest BCUT2D eigenvalue weighted by Gasteiger charge is 2.48. The fourth-order valence-corrected chi connectivity index (χ4v) is 5.86. The summed E-state index contributed by atoms with van der Waals surface area (Å²) in [4.78, 5) is 38.4. The molecule has 11 heteroatoms. The lowest BCUT2D eigenvalue weighted by Gasteiger charge is -2.28. The van der Waals surface area contributed by atoms with Crippen LogP contribution in [0.3, 0.4) is 0 Å². The van der Waals surface area contributed by atoms with Crippen molar-refractivity contribution in [3.63, 3.8) is 0 Å².